The van der Waals surface area contributed by atoms with E-state index in [-0.39, 0.29) is 12.0 Å². The average molecular weight is 238 g/mol. The Kier molecular flexibility index (Phi) is 5.19. The van der Waals surface area contributed by atoms with Gasteiger partial charge in [-0.1, -0.05) is 0 Å². The average Bonchev–Trinajstić information content (AvgIpc) is 2.29. The van der Waals surface area contributed by atoms with E-state index < -0.39 is 0 Å². The maximum Gasteiger partial charge on any atom is 0.307 e. The van der Waals surface area contributed by atoms with Gasteiger partial charge in [0, 0.05) is 18.8 Å². The van der Waals surface area contributed by atoms with Crippen molar-refractivity contribution in [2.75, 3.05) is 24.3 Å². The lowest BCUT2D eigenvalue weighted by molar-refractivity contribution is -0.140. The number of rotatable bonds is 6. The fourth-order valence-electron chi connectivity index (χ4n) is 1.32. The van der Waals surface area contributed by atoms with E-state index in [1.807, 2.05) is 13.8 Å². The molecule has 2 N–H and O–H groups in total. The predicted octanol–water partition coefficient (Wildman–Crippen LogP) is 1.27. The highest BCUT2D eigenvalue weighted by molar-refractivity contribution is 5.70. The second-order valence-electron chi connectivity index (χ2n) is 3.62. The number of anilines is 2. The number of methoxy groups -OCH3 is 1. The van der Waals surface area contributed by atoms with Crippen LogP contribution in [-0.4, -0.2) is 35.6 Å². The molecule has 1 unspecified atom stereocenters. The Morgan fingerprint density at radius 3 is 3.00 bits per heavy atom. The molecule has 0 spiro atoms. The molecule has 1 aromatic heterocycles. The second kappa shape index (κ2) is 6.67. The third kappa shape index (κ3) is 4.67. The quantitative estimate of drug-likeness (QED) is 0.727. The van der Waals surface area contributed by atoms with Gasteiger partial charge >= 0.3 is 5.97 Å². The normalized spacial score (nSPS) is 11.7. The summed E-state index contributed by atoms with van der Waals surface area (Å²) in [7, 11) is 1.38. The van der Waals surface area contributed by atoms with Gasteiger partial charge in [-0.15, -0.1) is 0 Å². The molecule has 17 heavy (non-hydrogen) atoms. The van der Waals surface area contributed by atoms with Gasteiger partial charge in [0.15, 0.2) is 0 Å². The van der Waals surface area contributed by atoms with Crippen LogP contribution in [0, 0.1) is 0 Å². The SMILES string of the molecule is CCNc1nccc(NC(C)CC(=O)OC)n1. The number of hydrogen-bond donors (Lipinski definition) is 2. The van der Waals surface area contributed by atoms with Crippen LogP contribution in [0.3, 0.4) is 0 Å². The standard InChI is InChI=1S/C11H18N4O2/c1-4-12-11-13-6-5-9(15-11)14-8(2)7-10(16)17-3/h5-6,8H,4,7H2,1-3H3,(H2,12,13,14,15). The summed E-state index contributed by atoms with van der Waals surface area (Å²) in [5.74, 6) is 1.01. The van der Waals surface area contributed by atoms with Crippen molar-refractivity contribution >= 4 is 17.7 Å². The van der Waals surface area contributed by atoms with E-state index in [1.165, 1.54) is 7.11 Å². The highest BCUT2D eigenvalue weighted by Crippen LogP contribution is 2.08. The van der Waals surface area contributed by atoms with Crippen molar-refractivity contribution in [2.45, 2.75) is 26.3 Å². The molecule has 0 aliphatic rings. The van der Waals surface area contributed by atoms with E-state index >= 15 is 0 Å². The fourth-order valence-corrected chi connectivity index (χ4v) is 1.32. The summed E-state index contributed by atoms with van der Waals surface area (Å²) in [4.78, 5) is 19.4. The summed E-state index contributed by atoms with van der Waals surface area (Å²) in [6, 6.07) is 1.72. The number of aromatic nitrogens is 2. The number of ether oxygens (including phenoxy) is 1. The van der Waals surface area contributed by atoms with Gasteiger partial charge in [0.1, 0.15) is 5.82 Å². The van der Waals surface area contributed by atoms with Crippen molar-refractivity contribution in [1.29, 1.82) is 0 Å². The van der Waals surface area contributed by atoms with Crippen molar-refractivity contribution < 1.29 is 9.53 Å². The molecule has 6 heteroatoms. The Labute approximate surface area is 101 Å². The molecule has 0 amide bonds. The first kappa shape index (κ1) is 13.2. The minimum atomic E-state index is -0.244. The van der Waals surface area contributed by atoms with E-state index in [0.717, 1.165) is 6.54 Å². The summed E-state index contributed by atoms with van der Waals surface area (Å²) in [6.07, 6.45) is 1.97. The molecule has 0 saturated heterocycles. The van der Waals surface area contributed by atoms with Gasteiger partial charge in [-0.05, 0) is 19.9 Å². The Bertz CT molecular complexity index is 370. The summed E-state index contributed by atoms with van der Waals surface area (Å²) in [6.45, 7) is 4.64. The van der Waals surface area contributed by atoms with E-state index in [4.69, 9.17) is 0 Å². The first-order valence-electron chi connectivity index (χ1n) is 5.56. The predicted molar refractivity (Wildman–Crippen MR) is 65.9 cm³/mol. The van der Waals surface area contributed by atoms with Gasteiger partial charge < -0.3 is 15.4 Å². The van der Waals surface area contributed by atoms with Gasteiger partial charge in [-0.2, -0.15) is 4.98 Å². The Morgan fingerprint density at radius 2 is 2.35 bits per heavy atom. The number of nitrogens with zero attached hydrogens (tertiary/aromatic N) is 2. The number of nitrogens with one attached hydrogen (secondary N) is 2. The molecule has 0 bridgehead atoms. The van der Waals surface area contributed by atoms with Gasteiger partial charge in [0.25, 0.3) is 0 Å². The molecule has 6 nitrogen and oxygen atoms in total. The van der Waals surface area contributed by atoms with Crippen LogP contribution in [0.25, 0.3) is 0 Å². The highest BCUT2D eigenvalue weighted by atomic mass is 16.5. The van der Waals surface area contributed by atoms with E-state index in [0.29, 0.717) is 18.2 Å². The number of carbonyl (C=O) groups is 1. The zero-order valence-corrected chi connectivity index (χ0v) is 10.4. The van der Waals surface area contributed by atoms with Crippen LogP contribution in [0.1, 0.15) is 20.3 Å². The second-order valence-corrected chi connectivity index (χ2v) is 3.62. The smallest absolute Gasteiger partial charge is 0.307 e. The minimum absolute atomic E-state index is 0.0353. The summed E-state index contributed by atoms with van der Waals surface area (Å²) in [5, 5.41) is 6.13. The third-order valence-electron chi connectivity index (χ3n) is 2.09. The van der Waals surface area contributed by atoms with E-state index in [1.54, 1.807) is 12.3 Å². The van der Waals surface area contributed by atoms with E-state index in [2.05, 4.69) is 25.3 Å². The van der Waals surface area contributed by atoms with Crippen LogP contribution >= 0.6 is 0 Å². The van der Waals surface area contributed by atoms with Crippen LogP contribution in [-0.2, 0) is 9.53 Å². The molecule has 0 aliphatic heterocycles. The van der Waals surface area contributed by atoms with Gasteiger partial charge in [0.2, 0.25) is 5.95 Å². The molecule has 94 valence electrons. The highest BCUT2D eigenvalue weighted by Gasteiger charge is 2.09. The summed E-state index contributed by atoms with van der Waals surface area (Å²) in [5.41, 5.74) is 0. The molecule has 1 atom stereocenters. The molecule has 0 saturated carbocycles. The Balaban J connectivity index is 2.55. The maximum atomic E-state index is 11.1. The Morgan fingerprint density at radius 1 is 1.59 bits per heavy atom. The van der Waals surface area contributed by atoms with Crippen LogP contribution in [0.4, 0.5) is 11.8 Å². The largest absolute Gasteiger partial charge is 0.469 e. The van der Waals surface area contributed by atoms with Crippen molar-refractivity contribution in [3.63, 3.8) is 0 Å². The van der Waals surface area contributed by atoms with Crippen molar-refractivity contribution in [3.05, 3.63) is 12.3 Å². The lowest BCUT2D eigenvalue weighted by Gasteiger charge is -2.13. The topological polar surface area (TPSA) is 76.1 Å². The van der Waals surface area contributed by atoms with Crippen LogP contribution in [0.2, 0.25) is 0 Å². The van der Waals surface area contributed by atoms with Crippen molar-refractivity contribution in [1.82, 2.24) is 9.97 Å². The molecular formula is C11H18N4O2. The van der Waals surface area contributed by atoms with Crippen molar-refractivity contribution in [3.8, 4) is 0 Å². The number of carbonyl (C=O) groups excluding carboxylic acids is 1. The molecule has 1 aromatic rings. The van der Waals surface area contributed by atoms with Crippen LogP contribution in [0.15, 0.2) is 12.3 Å². The van der Waals surface area contributed by atoms with Crippen molar-refractivity contribution in [2.24, 2.45) is 0 Å². The molecule has 0 aliphatic carbocycles. The first-order valence-corrected chi connectivity index (χ1v) is 5.56. The molecule has 0 aromatic carbocycles. The molecule has 0 fully saturated rings. The third-order valence-corrected chi connectivity index (χ3v) is 2.09. The molecule has 1 rings (SSSR count). The zero-order valence-electron chi connectivity index (χ0n) is 10.4. The van der Waals surface area contributed by atoms with Gasteiger partial charge in [0.05, 0.1) is 13.5 Å². The maximum absolute atomic E-state index is 11.1. The lowest BCUT2D eigenvalue weighted by Crippen LogP contribution is -2.21. The monoisotopic (exact) mass is 238 g/mol. The fraction of sp³-hybridized carbons (Fsp3) is 0.545. The molecular weight excluding hydrogens is 220 g/mol. The first-order chi connectivity index (χ1) is 8.15. The number of esters is 1. The lowest BCUT2D eigenvalue weighted by atomic mass is 10.2. The number of hydrogen-bond acceptors (Lipinski definition) is 6. The zero-order chi connectivity index (χ0) is 12.7. The summed E-state index contributed by atoms with van der Waals surface area (Å²) >= 11 is 0. The van der Waals surface area contributed by atoms with Gasteiger partial charge in [-0.25, -0.2) is 4.98 Å². The van der Waals surface area contributed by atoms with E-state index in [9.17, 15) is 4.79 Å². The molecule has 1 heterocycles. The van der Waals surface area contributed by atoms with Crippen LogP contribution < -0.4 is 10.6 Å². The van der Waals surface area contributed by atoms with Crippen LogP contribution in [0.5, 0.6) is 0 Å². The van der Waals surface area contributed by atoms with Gasteiger partial charge in [-0.3, -0.25) is 4.79 Å². The Hall–Kier alpha value is -1.85. The minimum Gasteiger partial charge on any atom is -0.469 e. The summed E-state index contributed by atoms with van der Waals surface area (Å²) < 4.78 is 4.60. The molecule has 0 radical (unpaired) electrons.